The van der Waals surface area contributed by atoms with Gasteiger partial charge in [0.25, 0.3) is 0 Å². The fourth-order valence-corrected chi connectivity index (χ4v) is 1.75. The summed E-state index contributed by atoms with van der Waals surface area (Å²) in [5, 5.41) is 17.7. The lowest BCUT2D eigenvalue weighted by Gasteiger charge is -2.03. The van der Waals surface area contributed by atoms with Crippen LogP contribution in [0.15, 0.2) is 6.07 Å². The predicted molar refractivity (Wildman–Crippen MR) is 55.3 cm³/mol. The molecule has 76 valence electrons. The van der Waals surface area contributed by atoms with Gasteiger partial charge in [-0.05, 0) is 24.8 Å². The second-order valence-corrected chi connectivity index (χ2v) is 3.94. The van der Waals surface area contributed by atoms with Crippen LogP contribution in [0.5, 0.6) is 0 Å². The molecule has 1 saturated carbocycles. The topological polar surface area (TPSA) is 76.9 Å². The SMILES string of the molecule is N#Cc1c(C(=O)O)cc(C2CC2)[nH]c1=S. The van der Waals surface area contributed by atoms with E-state index in [1.54, 1.807) is 0 Å². The molecule has 0 amide bonds. The molecule has 4 nitrogen and oxygen atoms in total. The van der Waals surface area contributed by atoms with Gasteiger partial charge >= 0.3 is 5.97 Å². The van der Waals surface area contributed by atoms with Crippen LogP contribution in [0.4, 0.5) is 0 Å². The third kappa shape index (κ3) is 1.76. The van der Waals surface area contributed by atoms with Gasteiger partial charge in [-0.15, -0.1) is 0 Å². The zero-order valence-electron chi connectivity index (χ0n) is 7.78. The maximum atomic E-state index is 10.9. The fraction of sp³-hybridized carbons (Fsp3) is 0.300. The molecule has 1 aliphatic carbocycles. The second kappa shape index (κ2) is 3.48. The summed E-state index contributed by atoms with van der Waals surface area (Å²) >= 11 is 4.95. The van der Waals surface area contributed by atoms with Gasteiger partial charge in [-0.1, -0.05) is 12.2 Å². The van der Waals surface area contributed by atoms with E-state index in [9.17, 15) is 4.79 Å². The molecule has 1 aromatic heterocycles. The highest BCUT2D eigenvalue weighted by Crippen LogP contribution is 2.39. The van der Waals surface area contributed by atoms with Crippen LogP contribution in [0.25, 0.3) is 0 Å². The molecule has 1 aliphatic rings. The lowest BCUT2D eigenvalue weighted by Crippen LogP contribution is -2.04. The minimum absolute atomic E-state index is 0.00292. The van der Waals surface area contributed by atoms with Crippen LogP contribution in [0.1, 0.15) is 40.4 Å². The third-order valence-corrected chi connectivity index (χ3v) is 2.72. The molecule has 2 N–H and O–H groups in total. The molecule has 0 atom stereocenters. The zero-order valence-corrected chi connectivity index (χ0v) is 8.60. The van der Waals surface area contributed by atoms with Crippen molar-refractivity contribution in [3.8, 4) is 6.07 Å². The number of nitriles is 1. The first-order chi connectivity index (χ1) is 7.13. The van der Waals surface area contributed by atoms with E-state index in [-0.39, 0.29) is 15.8 Å². The van der Waals surface area contributed by atoms with Crippen LogP contribution in [0.2, 0.25) is 0 Å². The van der Waals surface area contributed by atoms with E-state index in [0.717, 1.165) is 18.5 Å². The number of pyridine rings is 1. The van der Waals surface area contributed by atoms with Crippen molar-refractivity contribution in [1.82, 2.24) is 4.98 Å². The van der Waals surface area contributed by atoms with Crippen LogP contribution in [-0.2, 0) is 0 Å². The highest BCUT2D eigenvalue weighted by atomic mass is 32.1. The molecule has 1 aromatic rings. The van der Waals surface area contributed by atoms with Crippen molar-refractivity contribution in [3.05, 3.63) is 27.5 Å². The number of carboxylic acids is 1. The summed E-state index contributed by atoms with van der Waals surface area (Å²) < 4.78 is 0.222. The lowest BCUT2D eigenvalue weighted by molar-refractivity contribution is 0.0696. The van der Waals surface area contributed by atoms with Crippen LogP contribution in [0.3, 0.4) is 0 Å². The van der Waals surface area contributed by atoms with Gasteiger partial charge in [0.2, 0.25) is 0 Å². The first-order valence-electron chi connectivity index (χ1n) is 4.54. The summed E-state index contributed by atoms with van der Waals surface area (Å²) in [5.74, 6) is -0.717. The normalized spacial score (nSPS) is 14.6. The number of aromatic carboxylic acids is 1. The summed E-state index contributed by atoms with van der Waals surface area (Å²) in [4.78, 5) is 13.8. The molecule has 0 unspecified atom stereocenters. The fourth-order valence-electron chi connectivity index (χ4n) is 1.47. The van der Waals surface area contributed by atoms with Gasteiger partial charge in [-0.3, -0.25) is 0 Å². The number of rotatable bonds is 2. The van der Waals surface area contributed by atoms with Crippen molar-refractivity contribution in [2.75, 3.05) is 0 Å². The van der Waals surface area contributed by atoms with Crippen LogP contribution in [0, 0.1) is 16.0 Å². The number of H-pyrrole nitrogens is 1. The Hall–Kier alpha value is -1.67. The minimum atomic E-state index is -1.10. The van der Waals surface area contributed by atoms with Crippen LogP contribution in [-0.4, -0.2) is 16.1 Å². The third-order valence-electron chi connectivity index (χ3n) is 2.41. The smallest absolute Gasteiger partial charge is 0.337 e. The van der Waals surface area contributed by atoms with Gasteiger partial charge in [-0.2, -0.15) is 5.26 Å². The molecule has 1 heterocycles. The number of hydrogen-bond acceptors (Lipinski definition) is 3. The monoisotopic (exact) mass is 220 g/mol. The molecule has 5 heteroatoms. The highest BCUT2D eigenvalue weighted by molar-refractivity contribution is 7.71. The summed E-state index contributed by atoms with van der Waals surface area (Å²) in [7, 11) is 0. The molecule has 0 bridgehead atoms. The zero-order chi connectivity index (χ0) is 11.0. The van der Waals surface area contributed by atoms with Gasteiger partial charge in [-0.25, -0.2) is 4.79 Å². The molecule has 0 radical (unpaired) electrons. The van der Waals surface area contributed by atoms with E-state index < -0.39 is 5.97 Å². The van der Waals surface area contributed by atoms with E-state index in [4.69, 9.17) is 22.6 Å². The Morgan fingerprint density at radius 1 is 1.67 bits per heavy atom. The molecule has 0 spiro atoms. The number of carboxylic acid groups (broad SMARTS) is 1. The van der Waals surface area contributed by atoms with Crippen molar-refractivity contribution < 1.29 is 9.90 Å². The van der Waals surface area contributed by atoms with E-state index in [2.05, 4.69) is 4.98 Å². The Bertz CT molecular complexity index is 523. The second-order valence-electron chi connectivity index (χ2n) is 3.53. The first kappa shape index (κ1) is 9.87. The number of carbonyl (C=O) groups is 1. The van der Waals surface area contributed by atoms with Gasteiger partial charge in [0, 0.05) is 5.69 Å². The molecule has 0 aliphatic heterocycles. The van der Waals surface area contributed by atoms with E-state index in [0.29, 0.717) is 5.92 Å². The van der Waals surface area contributed by atoms with Gasteiger partial charge in [0.05, 0.1) is 5.56 Å². The quantitative estimate of drug-likeness (QED) is 0.749. The summed E-state index contributed by atoms with van der Waals surface area (Å²) in [6.45, 7) is 0. The Morgan fingerprint density at radius 3 is 2.80 bits per heavy atom. The number of hydrogen-bond donors (Lipinski definition) is 2. The first-order valence-corrected chi connectivity index (χ1v) is 4.95. The van der Waals surface area contributed by atoms with E-state index >= 15 is 0 Å². The number of nitrogens with zero attached hydrogens (tertiary/aromatic N) is 1. The number of aromatic nitrogens is 1. The van der Waals surface area contributed by atoms with E-state index in [1.807, 2.05) is 6.07 Å². The van der Waals surface area contributed by atoms with Crippen LogP contribution >= 0.6 is 12.2 Å². The molecular formula is C10H8N2O2S. The molecule has 0 saturated heterocycles. The Balaban J connectivity index is 2.64. The molecule has 2 rings (SSSR count). The van der Waals surface area contributed by atoms with Crippen molar-refractivity contribution >= 4 is 18.2 Å². The van der Waals surface area contributed by atoms with Crippen molar-refractivity contribution in [1.29, 1.82) is 5.26 Å². The van der Waals surface area contributed by atoms with E-state index in [1.165, 1.54) is 6.07 Å². The maximum Gasteiger partial charge on any atom is 0.337 e. The summed E-state index contributed by atoms with van der Waals surface area (Å²) in [6.07, 6.45) is 2.10. The van der Waals surface area contributed by atoms with Crippen LogP contribution < -0.4 is 0 Å². The minimum Gasteiger partial charge on any atom is -0.478 e. The largest absolute Gasteiger partial charge is 0.478 e. The summed E-state index contributed by atoms with van der Waals surface area (Å²) in [5.41, 5.74) is 0.876. The molecule has 1 fully saturated rings. The number of nitrogens with one attached hydrogen (secondary N) is 1. The predicted octanol–water partition coefficient (Wildman–Crippen LogP) is 2.19. The van der Waals surface area contributed by atoms with Gasteiger partial charge < -0.3 is 10.1 Å². The standard InChI is InChI=1S/C10H8N2O2S/c11-4-7-6(10(13)14)3-8(5-1-2-5)12-9(7)15/h3,5H,1-2H2,(H,12,15)(H,13,14). The Labute approximate surface area is 91.2 Å². The Kier molecular flexibility index (Phi) is 2.29. The summed E-state index contributed by atoms with van der Waals surface area (Å²) in [6, 6.07) is 3.34. The highest BCUT2D eigenvalue weighted by Gasteiger charge is 2.26. The van der Waals surface area contributed by atoms with Crippen molar-refractivity contribution in [2.45, 2.75) is 18.8 Å². The van der Waals surface area contributed by atoms with Crippen molar-refractivity contribution in [2.24, 2.45) is 0 Å². The average molecular weight is 220 g/mol. The molecule has 15 heavy (non-hydrogen) atoms. The van der Waals surface area contributed by atoms with Gasteiger partial charge in [0.15, 0.2) is 0 Å². The number of aromatic amines is 1. The maximum absolute atomic E-state index is 10.9. The molecular weight excluding hydrogens is 212 g/mol. The van der Waals surface area contributed by atoms with Gasteiger partial charge in [0.1, 0.15) is 16.3 Å². The average Bonchev–Trinajstić information content (AvgIpc) is 2.99. The van der Waals surface area contributed by atoms with Crippen molar-refractivity contribution in [3.63, 3.8) is 0 Å². The Morgan fingerprint density at radius 2 is 2.33 bits per heavy atom. The molecule has 0 aromatic carbocycles. The lowest BCUT2D eigenvalue weighted by atomic mass is 10.1.